The molecule has 3 rings (SSSR count). The molecule has 0 aliphatic heterocycles. The van der Waals surface area contributed by atoms with Crippen molar-refractivity contribution in [2.45, 2.75) is 6.92 Å². The first-order valence-corrected chi connectivity index (χ1v) is 6.58. The fourth-order valence-electron chi connectivity index (χ4n) is 1.99. The highest BCUT2D eigenvalue weighted by molar-refractivity contribution is 9.10. The van der Waals surface area contributed by atoms with Crippen LogP contribution in [0.5, 0.6) is 0 Å². The minimum atomic E-state index is 0.681. The largest absolute Gasteiger partial charge is 0.290 e. The standard InChI is InChI=1S/C13H9BrClN3/c1-8-11(9-3-2-4-10(15)12(9)14)13-16-5-6-18(13)7-17-8/h2-7H,1H3. The maximum absolute atomic E-state index is 6.15. The summed E-state index contributed by atoms with van der Waals surface area (Å²) >= 11 is 9.68. The van der Waals surface area contributed by atoms with Crippen molar-refractivity contribution in [2.24, 2.45) is 0 Å². The van der Waals surface area contributed by atoms with Gasteiger partial charge in [0.05, 0.1) is 10.7 Å². The maximum atomic E-state index is 6.15. The summed E-state index contributed by atoms with van der Waals surface area (Å²) in [6, 6.07) is 5.78. The van der Waals surface area contributed by atoms with Crippen LogP contribution >= 0.6 is 27.5 Å². The van der Waals surface area contributed by atoms with Gasteiger partial charge < -0.3 is 0 Å². The first-order valence-electron chi connectivity index (χ1n) is 5.41. The molecular formula is C13H9BrClN3. The summed E-state index contributed by atoms with van der Waals surface area (Å²) in [7, 11) is 0. The van der Waals surface area contributed by atoms with Gasteiger partial charge in [-0.15, -0.1) is 0 Å². The van der Waals surface area contributed by atoms with Gasteiger partial charge in [-0.25, -0.2) is 9.97 Å². The highest BCUT2D eigenvalue weighted by Gasteiger charge is 2.14. The van der Waals surface area contributed by atoms with E-state index >= 15 is 0 Å². The molecule has 0 atom stereocenters. The second kappa shape index (κ2) is 4.37. The third-order valence-electron chi connectivity index (χ3n) is 2.85. The van der Waals surface area contributed by atoms with Crippen molar-refractivity contribution >= 4 is 33.2 Å². The molecule has 18 heavy (non-hydrogen) atoms. The molecule has 0 amide bonds. The molecule has 3 nitrogen and oxygen atoms in total. The number of rotatable bonds is 1. The van der Waals surface area contributed by atoms with E-state index < -0.39 is 0 Å². The molecule has 0 fully saturated rings. The fraction of sp³-hybridized carbons (Fsp3) is 0.0769. The topological polar surface area (TPSA) is 30.2 Å². The van der Waals surface area contributed by atoms with E-state index in [0.29, 0.717) is 5.02 Å². The summed E-state index contributed by atoms with van der Waals surface area (Å²) in [5, 5.41) is 0.681. The number of aryl methyl sites for hydroxylation is 1. The normalized spacial score (nSPS) is 11.1. The quantitative estimate of drug-likeness (QED) is 0.674. The zero-order valence-corrected chi connectivity index (χ0v) is 11.9. The van der Waals surface area contributed by atoms with Crippen molar-refractivity contribution in [3.63, 3.8) is 0 Å². The summed E-state index contributed by atoms with van der Waals surface area (Å²) < 4.78 is 2.77. The lowest BCUT2D eigenvalue weighted by Crippen LogP contribution is -1.96. The van der Waals surface area contributed by atoms with Crippen LogP contribution in [-0.4, -0.2) is 14.4 Å². The van der Waals surface area contributed by atoms with Crippen LogP contribution in [0.1, 0.15) is 5.69 Å². The van der Waals surface area contributed by atoms with Gasteiger partial charge in [0.15, 0.2) is 0 Å². The molecule has 3 aromatic rings. The smallest absolute Gasteiger partial charge is 0.147 e. The van der Waals surface area contributed by atoms with E-state index in [1.54, 1.807) is 12.5 Å². The minimum Gasteiger partial charge on any atom is -0.290 e. The zero-order valence-electron chi connectivity index (χ0n) is 9.56. The molecule has 2 aromatic heterocycles. The number of halogens is 2. The van der Waals surface area contributed by atoms with Gasteiger partial charge in [-0.1, -0.05) is 23.7 Å². The lowest BCUT2D eigenvalue weighted by molar-refractivity contribution is 1.05. The average Bonchev–Trinajstić information content (AvgIpc) is 2.82. The predicted octanol–water partition coefficient (Wildman–Crippen LogP) is 4.12. The van der Waals surface area contributed by atoms with Crippen LogP contribution in [0.4, 0.5) is 0 Å². The van der Waals surface area contributed by atoms with Crippen LogP contribution in [0.2, 0.25) is 5.02 Å². The van der Waals surface area contributed by atoms with Gasteiger partial charge in [0.25, 0.3) is 0 Å². The Morgan fingerprint density at radius 2 is 2.11 bits per heavy atom. The Hall–Kier alpha value is -1.39. The van der Waals surface area contributed by atoms with E-state index in [1.807, 2.05) is 35.7 Å². The van der Waals surface area contributed by atoms with Crippen molar-refractivity contribution < 1.29 is 0 Å². The third kappa shape index (κ3) is 1.72. The molecular weight excluding hydrogens is 314 g/mol. The van der Waals surface area contributed by atoms with E-state index in [-0.39, 0.29) is 0 Å². The van der Waals surface area contributed by atoms with Crippen LogP contribution in [0.25, 0.3) is 16.8 Å². The average molecular weight is 323 g/mol. The number of imidazole rings is 1. The monoisotopic (exact) mass is 321 g/mol. The highest BCUT2D eigenvalue weighted by atomic mass is 79.9. The number of fused-ring (bicyclic) bond motifs is 1. The summed E-state index contributed by atoms with van der Waals surface area (Å²) in [5.74, 6) is 0. The van der Waals surface area contributed by atoms with E-state index in [2.05, 4.69) is 25.9 Å². The molecule has 0 aliphatic rings. The van der Waals surface area contributed by atoms with Crippen molar-refractivity contribution in [3.8, 4) is 11.1 Å². The van der Waals surface area contributed by atoms with E-state index in [1.165, 1.54) is 0 Å². The van der Waals surface area contributed by atoms with E-state index in [9.17, 15) is 0 Å². The lowest BCUT2D eigenvalue weighted by atomic mass is 10.1. The number of hydrogen-bond donors (Lipinski definition) is 0. The minimum absolute atomic E-state index is 0.681. The number of benzene rings is 1. The van der Waals surface area contributed by atoms with Gasteiger partial charge in [-0.05, 0) is 28.9 Å². The Balaban J connectivity index is 2.40. The van der Waals surface area contributed by atoms with Crippen LogP contribution in [0.3, 0.4) is 0 Å². The van der Waals surface area contributed by atoms with Crippen LogP contribution < -0.4 is 0 Å². The van der Waals surface area contributed by atoms with E-state index in [4.69, 9.17) is 11.6 Å². The lowest BCUT2D eigenvalue weighted by Gasteiger charge is -2.10. The number of hydrogen-bond acceptors (Lipinski definition) is 2. The summed E-state index contributed by atoms with van der Waals surface area (Å²) in [4.78, 5) is 8.77. The van der Waals surface area contributed by atoms with Crippen molar-refractivity contribution in [1.29, 1.82) is 0 Å². The van der Waals surface area contributed by atoms with Crippen molar-refractivity contribution in [3.05, 3.63) is 52.1 Å². The first kappa shape index (κ1) is 11.7. The highest BCUT2D eigenvalue weighted by Crippen LogP contribution is 2.36. The van der Waals surface area contributed by atoms with Crippen molar-refractivity contribution in [2.75, 3.05) is 0 Å². The number of nitrogens with zero attached hydrogens (tertiary/aromatic N) is 3. The second-order valence-electron chi connectivity index (χ2n) is 3.96. The molecule has 5 heteroatoms. The summed E-state index contributed by atoms with van der Waals surface area (Å²) in [6.07, 6.45) is 5.40. The Morgan fingerprint density at radius 1 is 1.28 bits per heavy atom. The van der Waals surface area contributed by atoms with Gasteiger partial charge in [0, 0.05) is 28.0 Å². The molecule has 0 unspecified atom stereocenters. The second-order valence-corrected chi connectivity index (χ2v) is 5.16. The Bertz CT molecular complexity index is 736. The fourth-order valence-corrected chi connectivity index (χ4v) is 2.62. The Kier molecular flexibility index (Phi) is 2.84. The van der Waals surface area contributed by atoms with Crippen molar-refractivity contribution in [1.82, 2.24) is 14.4 Å². The molecule has 0 N–H and O–H groups in total. The summed E-state index contributed by atoms with van der Waals surface area (Å²) in [5.41, 5.74) is 3.81. The van der Waals surface area contributed by atoms with Gasteiger partial charge >= 0.3 is 0 Å². The van der Waals surface area contributed by atoms with Gasteiger partial charge in [0.2, 0.25) is 0 Å². The zero-order chi connectivity index (χ0) is 12.7. The molecule has 0 spiro atoms. The molecule has 1 aromatic carbocycles. The van der Waals surface area contributed by atoms with Gasteiger partial charge in [0.1, 0.15) is 12.0 Å². The Morgan fingerprint density at radius 3 is 2.94 bits per heavy atom. The molecule has 0 saturated carbocycles. The molecule has 0 aliphatic carbocycles. The van der Waals surface area contributed by atoms with E-state index in [0.717, 1.165) is 26.9 Å². The maximum Gasteiger partial charge on any atom is 0.147 e. The molecule has 90 valence electrons. The molecule has 2 heterocycles. The number of aromatic nitrogens is 3. The van der Waals surface area contributed by atoms with Crippen LogP contribution in [-0.2, 0) is 0 Å². The van der Waals surface area contributed by atoms with Gasteiger partial charge in [-0.2, -0.15) is 0 Å². The molecule has 0 bridgehead atoms. The molecule has 0 saturated heterocycles. The third-order valence-corrected chi connectivity index (χ3v) is 4.25. The molecule has 0 radical (unpaired) electrons. The van der Waals surface area contributed by atoms with Crippen LogP contribution in [0, 0.1) is 6.92 Å². The summed E-state index contributed by atoms with van der Waals surface area (Å²) in [6.45, 7) is 1.97. The predicted molar refractivity (Wildman–Crippen MR) is 75.9 cm³/mol. The van der Waals surface area contributed by atoms with Crippen LogP contribution in [0.15, 0.2) is 41.4 Å². The van der Waals surface area contributed by atoms with Gasteiger partial charge in [-0.3, -0.25) is 4.40 Å². The Labute approximate surface area is 118 Å². The SMILES string of the molecule is Cc1ncn2ccnc2c1-c1cccc(Cl)c1Br. The first-order chi connectivity index (χ1) is 8.68.